The quantitative estimate of drug-likeness (QED) is 0.475. The monoisotopic (exact) mass is 353 g/mol. The highest BCUT2D eigenvalue weighted by Gasteiger charge is 2.30. The number of ether oxygens (including phenoxy) is 1. The van der Waals surface area contributed by atoms with E-state index in [1.165, 1.54) is 0 Å². The summed E-state index contributed by atoms with van der Waals surface area (Å²) in [6.45, 7) is -3.24. The zero-order valence-electron chi connectivity index (χ0n) is 10.6. The fourth-order valence-corrected chi connectivity index (χ4v) is 1.79. The summed E-state index contributed by atoms with van der Waals surface area (Å²) in [5.41, 5.74) is 0. The standard InChI is InChI=1S/C8H9F6N5O2S/c9-7(10,11)3-19-5(16-17-18-19)22-2-1-15-6(20)21-4-8(12,13)14/h1-4H2,(H,15,20). The fraction of sp³-hybridized carbons (Fsp3) is 0.750. The zero-order chi connectivity index (χ0) is 16.8. The van der Waals surface area contributed by atoms with Gasteiger partial charge in [-0.3, -0.25) is 0 Å². The molecule has 0 aliphatic rings. The van der Waals surface area contributed by atoms with E-state index in [9.17, 15) is 31.1 Å². The molecule has 0 bridgehead atoms. The van der Waals surface area contributed by atoms with Crippen molar-refractivity contribution in [1.29, 1.82) is 0 Å². The molecule has 0 spiro atoms. The molecule has 0 saturated heterocycles. The van der Waals surface area contributed by atoms with Crippen molar-refractivity contribution in [3.63, 3.8) is 0 Å². The van der Waals surface area contributed by atoms with Crippen molar-refractivity contribution >= 4 is 17.9 Å². The number of rotatable bonds is 6. The van der Waals surface area contributed by atoms with E-state index >= 15 is 0 Å². The molecular weight excluding hydrogens is 344 g/mol. The molecular formula is C8H9F6N5O2S. The third kappa shape index (κ3) is 7.90. The molecule has 0 radical (unpaired) electrons. The lowest BCUT2D eigenvalue weighted by Crippen LogP contribution is -2.30. The van der Waals surface area contributed by atoms with Gasteiger partial charge in [0.2, 0.25) is 5.16 Å². The second-order valence-corrected chi connectivity index (χ2v) is 4.76. The highest BCUT2D eigenvalue weighted by molar-refractivity contribution is 7.99. The van der Waals surface area contributed by atoms with E-state index in [1.54, 1.807) is 0 Å². The van der Waals surface area contributed by atoms with Crippen LogP contribution >= 0.6 is 11.8 Å². The molecule has 1 rings (SSSR count). The molecule has 0 aliphatic carbocycles. The Morgan fingerprint density at radius 3 is 2.50 bits per heavy atom. The van der Waals surface area contributed by atoms with Crippen molar-refractivity contribution in [1.82, 2.24) is 25.5 Å². The smallest absolute Gasteiger partial charge is 0.422 e. The van der Waals surface area contributed by atoms with Crippen LogP contribution in [0, 0.1) is 0 Å². The van der Waals surface area contributed by atoms with Crippen LogP contribution in [0.25, 0.3) is 0 Å². The minimum Gasteiger partial charge on any atom is -0.440 e. The minimum absolute atomic E-state index is 0.0410. The van der Waals surface area contributed by atoms with E-state index in [0.29, 0.717) is 4.68 Å². The van der Waals surface area contributed by atoms with Crippen LogP contribution in [0.5, 0.6) is 0 Å². The highest BCUT2D eigenvalue weighted by atomic mass is 32.2. The molecule has 1 aromatic heterocycles. The number of alkyl carbamates (subject to hydrolysis) is 1. The first-order valence-electron chi connectivity index (χ1n) is 5.50. The Labute approximate surface area is 123 Å². The van der Waals surface area contributed by atoms with Crippen molar-refractivity contribution in [3.05, 3.63) is 0 Å². The molecule has 0 fully saturated rings. The number of carbonyl (C=O) groups is 1. The summed E-state index contributed by atoms with van der Waals surface area (Å²) in [4.78, 5) is 10.9. The van der Waals surface area contributed by atoms with E-state index in [2.05, 4.69) is 20.3 Å². The molecule has 14 heteroatoms. The lowest BCUT2D eigenvalue weighted by atomic mass is 10.6. The maximum Gasteiger partial charge on any atom is 0.422 e. The molecule has 22 heavy (non-hydrogen) atoms. The molecule has 0 unspecified atom stereocenters. The number of nitrogens with one attached hydrogen (secondary N) is 1. The summed E-state index contributed by atoms with van der Waals surface area (Å²) >= 11 is 0.794. The lowest BCUT2D eigenvalue weighted by Gasteiger charge is -2.09. The van der Waals surface area contributed by atoms with Crippen molar-refractivity contribution in [2.24, 2.45) is 0 Å². The largest absolute Gasteiger partial charge is 0.440 e. The average molecular weight is 353 g/mol. The molecule has 0 saturated carbocycles. The maximum atomic E-state index is 12.2. The molecule has 1 aromatic rings. The van der Waals surface area contributed by atoms with Gasteiger partial charge in [-0.25, -0.2) is 9.48 Å². The van der Waals surface area contributed by atoms with Crippen molar-refractivity contribution < 1.29 is 35.9 Å². The van der Waals surface area contributed by atoms with Crippen LogP contribution in [0.2, 0.25) is 0 Å². The number of amides is 1. The van der Waals surface area contributed by atoms with Gasteiger partial charge in [-0.15, -0.1) is 5.10 Å². The molecule has 1 N–H and O–H groups in total. The number of carbonyl (C=O) groups excluding carboxylic acids is 1. The Morgan fingerprint density at radius 1 is 1.23 bits per heavy atom. The van der Waals surface area contributed by atoms with Gasteiger partial charge in [0.25, 0.3) is 0 Å². The normalized spacial score (nSPS) is 12.3. The second kappa shape index (κ2) is 7.51. The van der Waals surface area contributed by atoms with E-state index in [4.69, 9.17) is 0 Å². The zero-order valence-corrected chi connectivity index (χ0v) is 11.4. The Kier molecular flexibility index (Phi) is 6.25. The molecule has 0 atom stereocenters. The summed E-state index contributed by atoms with van der Waals surface area (Å²) < 4.78 is 76.2. The van der Waals surface area contributed by atoms with E-state index in [0.717, 1.165) is 11.8 Å². The van der Waals surface area contributed by atoms with Crippen LogP contribution in [-0.4, -0.2) is 57.6 Å². The Hall–Kier alpha value is -1.73. The summed E-state index contributed by atoms with van der Waals surface area (Å²) in [6.07, 6.45) is -10.4. The fourth-order valence-electron chi connectivity index (χ4n) is 1.06. The molecule has 7 nitrogen and oxygen atoms in total. The molecule has 0 aromatic carbocycles. The van der Waals surface area contributed by atoms with Crippen LogP contribution < -0.4 is 5.32 Å². The highest BCUT2D eigenvalue weighted by Crippen LogP contribution is 2.20. The summed E-state index contributed by atoms with van der Waals surface area (Å²) in [6, 6.07) is 0. The van der Waals surface area contributed by atoms with Gasteiger partial charge in [-0.2, -0.15) is 26.3 Å². The van der Waals surface area contributed by atoms with Crippen molar-refractivity contribution in [3.8, 4) is 0 Å². The van der Waals surface area contributed by atoms with Gasteiger partial charge in [0.05, 0.1) is 0 Å². The van der Waals surface area contributed by atoms with Crippen LogP contribution in [0.1, 0.15) is 0 Å². The van der Waals surface area contributed by atoms with Gasteiger partial charge < -0.3 is 10.1 Å². The van der Waals surface area contributed by atoms with Gasteiger partial charge >= 0.3 is 18.4 Å². The van der Waals surface area contributed by atoms with E-state index in [1.807, 2.05) is 5.32 Å². The van der Waals surface area contributed by atoms with Crippen LogP contribution in [0.4, 0.5) is 31.1 Å². The Balaban J connectivity index is 2.28. The third-order valence-corrected chi connectivity index (χ3v) is 2.76. The van der Waals surface area contributed by atoms with E-state index in [-0.39, 0.29) is 17.5 Å². The van der Waals surface area contributed by atoms with Crippen molar-refractivity contribution in [2.75, 3.05) is 18.9 Å². The van der Waals surface area contributed by atoms with Gasteiger partial charge in [0, 0.05) is 12.3 Å². The number of nitrogens with zero attached hydrogens (tertiary/aromatic N) is 4. The molecule has 0 aliphatic heterocycles. The summed E-state index contributed by atoms with van der Waals surface area (Å²) in [5, 5.41) is 11.5. The first kappa shape index (κ1) is 18.3. The Morgan fingerprint density at radius 2 is 1.91 bits per heavy atom. The predicted octanol–water partition coefficient (Wildman–Crippen LogP) is 1.62. The lowest BCUT2D eigenvalue weighted by molar-refractivity contribution is -0.160. The SMILES string of the molecule is O=C(NCCSc1nnnn1CC(F)(F)F)OCC(F)(F)F. The number of tetrazole rings is 1. The number of hydrogen-bond donors (Lipinski definition) is 1. The molecule has 1 amide bonds. The summed E-state index contributed by atoms with van der Waals surface area (Å²) in [5.74, 6) is 0.0410. The van der Waals surface area contributed by atoms with Gasteiger partial charge in [0.15, 0.2) is 6.61 Å². The predicted molar refractivity (Wildman–Crippen MR) is 60.0 cm³/mol. The number of hydrogen-bond acceptors (Lipinski definition) is 6. The van der Waals surface area contributed by atoms with Crippen LogP contribution in [0.15, 0.2) is 5.16 Å². The Bertz CT molecular complexity index is 490. The third-order valence-electron chi connectivity index (χ3n) is 1.80. The summed E-state index contributed by atoms with van der Waals surface area (Å²) in [7, 11) is 0. The van der Waals surface area contributed by atoms with Gasteiger partial charge in [0.1, 0.15) is 6.54 Å². The van der Waals surface area contributed by atoms with Gasteiger partial charge in [-0.1, -0.05) is 11.8 Å². The second-order valence-electron chi connectivity index (χ2n) is 3.70. The number of alkyl halides is 6. The number of aromatic nitrogens is 4. The van der Waals surface area contributed by atoms with Crippen LogP contribution in [-0.2, 0) is 11.3 Å². The average Bonchev–Trinajstić information content (AvgIpc) is 2.76. The topological polar surface area (TPSA) is 81.9 Å². The minimum atomic E-state index is -4.63. The molecule has 1 heterocycles. The first-order chi connectivity index (χ1) is 10.1. The van der Waals surface area contributed by atoms with E-state index < -0.39 is 31.6 Å². The first-order valence-corrected chi connectivity index (χ1v) is 6.48. The number of thioether (sulfide) groups is 1. The van der Waals surface area contributed by atoms with Crippen molar-refractivity contribution in [2.45, 2.75) is 24.1 Å². The maximum absolute atomic E-state index is 12.2. The molecule has 126 valence electrons. The van der Waals surface area contributed by atoms with Crippen LogP contribution in [0.3, 0.4) is 0 Å². The number of halogens is 6. The van der Waals surface area contributed by atoms with Gasteiger partial charge in [-0.05, 0) is 10.4 Å².